The van der Waals surface area contributed by atoms with Crippen molar-refractivity contribution in [2.45, 2.75) is 12.8 Å². The highest BCUT2D eigenvalue weighted by molar-refractivity contribution is 5.97. The van der Waals surface area contributed by atoms with E-state index in [0.29, 0.717) is 18.0 Å². The van der Waals surface area contributed by atoms with E-state index in [2.05, 4.69) is 25.2 Å². The molecule has 0 radical (unpaired) electrons. The number of piperidine rings is 1. The predicted molar refractivity (Wildman–Crippen MR) is 97.6 cm³/mol. The first-order valence-electron chi connectivity index (χ1n) is 8.67. The Balaban J connectivity index is 1.36. The highest BCUT2D eigenvalue weighted by Gasteiger charge is 2.22. The third-order valence-electron chi connectivity index (χ3n) is 4.72. The molecule has 1 aliphatic rings. The number of benzene rings is 1. The molecule has 3 aromatic rings. The van der Waals surface area contributed by atoms with E-state index in [1.54, 1.807) is 12.4 Å². The first kappa shape index (κ1) is 15.6. The first-order chi connectivity index (χ1) is 12.3. The second-order valence-electron chi connectivity index (χ2n) is 6.49. The average molecular weight is 335 g/mol. The lowest BCUT2D eigenvalue weighted by Crippen LogP contribution is -2.41. The molecule has 2 N–H and O–H groups in total. The Bertz CT molecular complexity index is 860. The lowest BCUT2D eigenvalue weighted by Gasteiger charge is -2.32. The number of hydrogen-bond donors (Lipinski definition) is 2. The van der Waals surface area contributed by atoms with Crippen molar-refractivity contribution in [1.82, 2.24) is 20.3 Å². The van der Waals surface area contributed by atoms with E-state index < -0.39 is 0 Å². The maximum Gasteiger partial charge on any atom is 0.251 e. The zero-order valence-corrected chi connectivity index (χ0v) is 14.0. The maximum atomic E-state index is 12.4. The molecule has 25 heavy (non-hydrogen) atoms. The summed E-state index contributed by atoms with van der Waals surface area (Å²) in [7, 11) is 0. The number of fused-ring (bicyclic) bond motifs is 1. The van der Waals surface area contributed by atoms with Gasteiger partial charge in [0.2, 0.25) is 5.95 Å². The van der Waals surface area contributed by atoms with Gasteiger partial charge in [-0.15, -0.1) is 0 Å². The summed E-state index contributed by atoms with van der Waals surface area (Å²) in [4.78, 5) is 26.4. The molecule has 1 aliphatic heterocycles. The van der Waals surface area contributed by atoms with Crippen LogP contribution in [-0.4, -0.2) is 40.5 Å². The second-order valence-corrected chi connectivity index (χ2v) is 6.49. The highest BCUT2D eigenvalue weighted by Crippen LogP contribution is 2.20. The SMILES string of the molecule is O=C(NC[C@@H]1CCCN(c2ncccn2)C1)c1ccc2cc[nH]c2c1. The lowest BCUT2D eigenvalue weighted by molar-refractivity contribution is 0.0945. The molecule has 1 amide bonds. The molecule has 6 nitrogen and oxygen atoms in total. The van der Waals surface area contributed by atoms with Gasteiger partial charge in [-0.1, -0.05) is 6.07 Å². The summed E-state index contributed by atoms with van der Waals surface area (Å²) in [5.74, 6) is 1.16. The van der Waals surface area contributed by atoms with Crippen LogP contribution < -0.4 is 10.2 Å². The van der Waals surface area contributed by atoms with E-state index in [1.807, 2.05) is 36.5 Å². The Morgan fingerprint density at radius 3 is 3.04 bits per heavy atom. The van der Waals surface area contributed by atoms with Crippen LogP contribution in [0.3, 0.4) is 0 Å². The fourth-order valence-electron chi connectivity index (χ4n) is 3.40. The van der Waals surface area contributed by atoms with E-state index in [0.717, 1.165) is 42.8 Å². The molecule has 6 heteroatoms. The molecule has 0 bridgehead atoms. The quantitative estimate of drug-likeness (QED) is 0.768. The minimum atomic E-state index is -0.0235. The third kappa shape index (κ3) is 3.47. The van der Waals surface area contributed by atoms with Crippen molar-refractivity contribution in [2.24, 2.45) is 5.92 Å². The molecule has 3 heterocycles. The molecule has 1 atom stereocenters. The zero-order valence-electron chi connectivity index (χ0n) is 14.0. The van der Waals surface area contributed by atoms with Crippen LogP contribution in [0.15, 0.2) is 48.9 Å². The van der Waals surface area contributed by atoms with Gasteiger partial charge < -0.3 is 15.2 Å². The fourth-order valence-corrected chi connectivity index (χ4v) is 3.40. The molecule has 0 spiro atoms. The van der Waals surface area contributed by atoms with Gasteiger partial charge in [-0.2, -0.15) is 0 Å². The van der Waals surface area contributed by atoms with Gasteiger partial charge in [0.25, 0.3) is 5.91 Å². The van der Waals surface area contributed by atoms with E-state index in [9.17, 15) is 4.79 Å². The number of aromatic amines is 1. The van der Waals surface area contributed by atoms with Crippen LogP contribution in [0.1, 0.15) is 23.2 Å². The largest absolute Gasteiger partial charge is 0.361 e. The summed E-state index contributed by atoms with van der Waals surface area (Å²) < 4.78 is 0. The molecule has 4 rings (SSSR count). The van der Waals surface area contributed by atoms with Crippen LogP contribution in [0, 0.1) is 5.92 Å². The Kier molecular flexibility index (Phi) is 4.33. The number of hydrogen-bond acceptors (Lipinski definition) is 4. The molecule has 1 saturated heterocycles. The van der Waals surface area contributed by atoms with Gasteiger partial charge in [0.15, 0.2) is 0 Å². The van der Waals surface area contributed by atoms with Crippen molar-refractivity contribution >= 4 is 22.8 Å². The molecule has 0 unspecified atom stereocenters. The van der Waals surface area contributed by atoms with Gasteiger partial charge in [0.1, 0.15) is 0 Å². The van der Waals surface area contributed by atoms with Crippen molar-refractivity contribution in [3.05, 3.63) is 54.5 Å². The van der Waals surface area contributed by atoms with E-state index in [-0.39, 0.29) is 5.91 Å². The van der Waals surface area contributed by atoms with Gasteiger partial charge >= 0.3 is 0 Å². The van der Waals surface area contributed by atoms with Crippen LogP contribution >= 0.6 is 0 Å². The summed E-state index contributed by atoms with van der Waals surface area (Å²) in [6, 6.07) is 9.56. The van der Waals surface area contributed by atoms with E-state index in [4.69, 9.17) is 0 Å². The van der Waals surface area contributed by atoms with Crippen LogP contribution in [0.4, 0.5) is 5.95 Å². The zero-order chi connectivity index (χ0) is 17.1. The average Bonchev–Trinajstić information content (AvgIpc) is 3.15. The molecule has 1 fully saturated rings. The van der Waals surface area contributed by atoms with Crippen molar-refractivity contribution in [1.29, 1.82) is 0 Å². The van der Waals surface area contributed by atoms with Gasteiger partial charge in [-0.3, -0.25) is 4.79 Å². The molecule has 0 saturated carbocycles. The Morgan fingerprint density at radius 2 is 2.16 bits per heavy atom. The number of anilines is 1. The number of carbonyl (C=O) groups is 1. The Labute approximate surface area is 146 Å². The summed E-state index contributed by atoms with van der Waals surface area (Å²) in [5.41, 5.74) is 1.67. The monoisotopic (exact) mass is 335 g/mol. The summed E-state index contributed by atoms with van der Waals surface area (Å²) >= 11 is 0. The number of H-pyrrole nitrogens is 1. The lowest BCUT2D eigenvalue weighted by atomic mass is 9.98. The van der Waals surface area contributed by atoms with E-state index >= 15 is 0 Å². The topological polar surface area (TPSA) is 73.9 Å². The van der Waals surface area contributed by atoms with E-state index in [1.165, 1.54) is 0 Å². The number of nitrogens with one attached hydrogen (secondary N) is 2. The van der Waals surface area contributed by atoms with Crippen LogP contribution in [0.25, 0.3) is 10.9 Å². The van der Waals surface area contributed by atoms with Crippen molar-refractivity contribution in [2.75, 3.05) is 24.5 Å². The smallest absolute Gasteiger partial charge is 0.251 e. The Morgan fingerprint density at radius 1 is 1.28 bits per heavy atom. The van der Waals surface area contributed by atoms with Gasteiger partial charge in [0, 0.05) is 49.3 Å². The molecule has 128 valence electrons. The van der Waals surface area contributed by atoms with Gasteiger partial charge in [0.05, 0.1) is 0 Å². The summed E-state index contributed by atoms with van der Waals surface area (Å²) in [6.45, 7) is 2.52. The number of rotatable bonds is 4. The number of amides is 1. The first-order valence-corrected chi connectivity index (χ1v) is 8.67. The third-order valence-corrected chi connectivity index (χ3v) is 4.72. The maximum absolute atomic E-state index is 12.4. The molecule has 0 aliphatic carbocycles. The fraction of sp³-hybridized carbons (Fsp3) is 0.316. The van der Waals surface area contributed by atoms with Crippen molar-refractivity contribution < 1.29 is 4.79 Å². The van der Waals surface area contributed by atoms with Crippen LogP contribution in [0.2, 0.25) is 0 Å². The Hall–Kier alpha value is -2.89. The second kappa shape index (κ2) is 6.93. The van der Waals surface area contributed by atoms with Crippen molar-refractivity contribution in [3.63, 3.8) is 0 Å². The molecular formula is C19H21N5O. The normalized spacial score (nSPS) is 17.6. The standard InChI is InChI=1S/C19H21N5O/c25-18(16-5-4-15-6-9-20-17(15)11-16)23-12-14-3-1-10-24(13-14)19-21-7-2-8-22-19/h2,4-9,11,14,20H,1,3,10,12-13H2,(H,23,25)/t14-/m0/s1. The number of aromatic nitrogens is 3. The number of carbonyl (C=O) groups excluding carboxylic acids is 1. The van der Waals surface area contributed by atoms with Crippen molar-refractivity contribution in [3.8, 4) is 0 Å². The molecule has 2 aromatic heterocycles. The summed E-state index contributed by atoms with van der Waals surface area (Å²) in [5, 5.41) is 4.19. The minimum Gasteiger partial charge on any atom is -0.361 e. The number of nitrogens with zero attached hydrogens (tertiary/aromatic N) is 3. The predicted octanol–water partition coefficient (Wildman–Crippen LogP) is 2.60. The van der Waals surface area contributed by atoms with Crippen LogP contribution in [0.5, 0.6) is 0 Å². The molecular weight excluding hydrogens is 314 g/mol. The highest BCUT2D eigenvalue weighted by atomic mass is 16.1. The summed E-state index contributed by atoms with van der Waals surface area (Å²) in [6.07, 6.45) is 7.62. The van der Waals surface area contributed by atoms with Crippen LogP contribution in [-0.2, 0) is 0 Å². The van der Waals surface area contributed by atoms with Gasteiger partial charge in [-0.25, -0.2) is 9.97 Å². The minimum absolute atomic E-state index is 0.0235. The van der Waals surface area contributed by atoms with Gasteiger partial charge in [-0.05, 0) is 48.4 Å². The molecule has 1 aromatic carbocycles.